The van der Waals surface area contributed by atoms with E-state index >= 15 is 0 Å². The lowest BCUT2D eigenvalue weighted by atomic mass is 10.2. The van der Waals surface area contributed by atoms with Crippen molar-refractivity contribution < 1.29 is 14.2 Å². The quantitative estimate of drug-likeness (QED) is 0.697. The number of ether oxygens (including phenoxy) is 3. The Morgan fingerprint density at radius 1 is 1.00 bits per heavy atom. The van der Waals surface area contributed by atoms with Crippen molar-refractivity contribution in [3.63, 3.8) is 0 Å². The molecule has 0 saturated carbocycles. The Morgan fingerprint density at radius 2 is 1.68 bits per heavy atom. The van der Waals surface area contributed by atoms with Crippen LogP contribution in [0.1, 0.15) is 0 Å². The van der Waals surface area contributed by atoms with Crippen molar-refractivity contribution in [3.8, 4) is 11.5 Å². The highest BCUT2D eigenvalue weighted by Crippen LogP contribution is 2.34. The van der Waals surface area contributed by atoms with Gasteiger partial charge in [-0.2, -0.15) is 4.98 Å². The van der Waals surface area contributed by atoms with Crippen molar-refractivity contribution in [1.82, 2.24) is 9.97 Å². The van der Waals surface area contributed by atoms with E-state index < -0.39 is 0 Å². The summed E-state index contributed by atoms with van der Waals surface area (Å²) in [5.41, 5.74) is 8.88. The van der Waals surface area contributed by atoms with Gasteiger partial charge >= 0.3 is 0 Å². The summed E-state index contributed by atoms with van der Waals surface area (Å²) in [6.07, 6.45) is 0. The first-order valence-electron chi connectivity index (χ1n) is 9.07. The smallest absolute Gasteiger partial charge is 0.229 e. The second kappa shape index (κ2) is 7.77. The lowest BCUT2D eigenvalue weighted by Crippen LogP contribution is -2.36. The summed E-state index contributed by atoms with van der Waals surface area (Å²) in [5, 5.41) is 3.93. The second-order valence-corrected chi connectivity index (χ2v) is 6.43. The summed E-state index contributed by atoms with van der Waals surface area (Å²) >= 11 is 0. The van der Waals surface area contributed by atoms with Crippen LogP contribution in [0.25, 0.3) is 10.9 Å². The van der Waals surface area contributed by atoms with Gasteiger partial charge in [0.25, 0.3) is 0 Å². The Bertz CT molecular complexity index is 972. The number of nitrogens with two attached hydrogens (primary N) is 1. The molecule has 0 aliphatic carbocycles. The highest BCUT2D eigenvalue weighted by atomic mass is 16.5. The maximum absolute atomic E-state index is 6.14. The molecule has 1 aliphatic heterocycles. The predicted molar refractivity (Wildman–Crippen MR) is 110 cm³/mol. The minimum absolute atomic E-state index is 0.374. The molecule has 3 aromatic rings. The van der Waals surface area contributed by atoms with Crippen LogP contribution in [0.3, 0.4) is 0 Å². The van der Waals surface area contributed by atoms with Gasteiger partial charge in [-0.3, -0.25) is 0 Å². The molecule has 0 bridgehead atoms. The Labute approximate surface area is 163 Å². The first-order chi connectivity index (χ1) is 13.7. The van der Waals surface area contributed by atoms with E-state index in [0.29, 0.717) is 34.2 Å². The average Bonchev–Trinajstić information content (AvgIpc) is 2.74. The van der Waals surface area contributed by atoms with Gasteiger partial charge in [0.2, 0.25) is 5.95 Å². The van der Waals surface area contributed by atoms with Gasteiger partial charge in [0.1, 0.15) is 5.82 Å². The monoisotopic (exact) mass is 381 g/mol. The molecule has 1 aromatic heterocycles. The van der Waals surface area contributed by atoms with E-state index in [9.17, 15) is 0 Å². The molecule has 0 radical (unpaired) electrons. The van der Waals surface area contributed by atoms with Crippen molar-refractivity contribution in [3.05, 3.63) is 36.4 Å². The zero-order valence-corrected chi connectivity index (χ0v) is 15.9. The molecule has 1 aliphatic rings. The van der Waals surface area contributed by atoms with Gasteiger partial charge in [0, 0.05) is 35.9 Å². The first-order valence-corrected chi connectivity index (χ1v) is 9.07. The van der Waals surface area contributed by atoms with Crippen LogP contribution in [0.2, 0.25) is 0 Å². The normalized spacial score (nSPS) is 14.1. The number of anilines is 4. The predicted octanol–water partition coefficient (Wildman–Crippen LogP) is 2.81. The van der Waals surface area contributed by atoms with Gasteiger partial charge in [0.15, 0.2) is 11.5 Å². The van der Waals surface area contributed by atoms with Crippen molar-refractivity contribution in [2.24, 2.45) is 0 Å². The molecule has 0 spiro atoms. The number of aromatic nitrogens is 2. The molecular weight excluding hydrogens is 358 g/mol. The van der Waals surface area contributed by atoms with Crippen molar-refractivity contribution in [2.75, 3.05) is 56.5 Å². The summed E-state index contributed by atoms with van der Waals surface area (Å²) in [4.78, 5) is 11.2. The molecule has 1 saturated heterocycles. The van der Waals surface area contributed by atoms with Gasteiger partial charge < -0.3 is 30.2 Å². The number of nitrogens with zero attached hydrogens (tertiary/aromatic N) is 3. The number of methoxy groups -OCH3 is 2. The van der Waals surface area contributed by atoms with Gasteiger partial charge in [-0.15, -0.1) is 0 Å². The zero-order valence-electron chi connectivity index (χ0n) is 15.9. The molecule has 3 N–H and O–H groups in total. The number of morpholine rings is 1. The number of nitrogen functional groups attached to an aromatic ring is 1. The van der Waals surface area contributed by atoms with Gasteiger partial charge in [0.05, 0.1) is 33.0 Å². The lowest BCUT2D eigenvalue weighted by molar-refractivity contribution is 0.122. The number of nitrogens with one attached hydrogen (secondary N) is 1. The van der Waals surface area contributed by atoms with E-state index in [1.165, 1.54) is 5.69 Å². The van der Waals surface area contributed by atoms with Crippen LogP contribution in [-0.2, 0) is 4.74 Å². The average molecular weight is 381 g/mol. The van der Waals surface area contributed by atoms with Crippen LogP contribution < -0.4 is 25.4 Å². The first kappa shape index (κ1) is 18.1. The Morgan fingerprint density at radius 3 is 2.36 bits per heavy atom. The molecule has 0 unspecified atom stereocenters. The zero-order chi connectivity index (χ0) is 19.5. The number of fused-ring (bicyclic) bond motifs is 1. The SMILES string of the molecule is COc1cc2nc(Nc3ccc(N4CCOCC4)cc3)nc(N)c2cc1OC. The van der Waals surface area contributed by atoms with Crippen LogP contribution in [0.4, 0.5) is 23.1 Å². The van der Waals surface area contributed by atoms with Crippen LogP contribution in [-0.4, -0.2) is 50.5 Å². The van der Waals surface area contributed by atoms with E-state index in [4.69, 9.17) is 19.9 Å². The lowest BCUT2D eigenvalue weighted by Gasteiger charge is -2.28. The molecule has 2 heterocycles. The third kappa shape index (κ3) is 3.59. The fourth-order valence-corrected chi connectivity index (χ4v) is 3.24. The Kier molecular flexibility index (Phi) is 5.03. The van der Waals surface area contributed by atoms with Crippen molar-refractivity contribution >= 4 is 34.0 Å². The highest BCUT2D eigenvalue weighted by Gasteiger charge is 2.13. The maximum atomic E-state index is 6.14. The summed E-state index contributed by atoms with van der Waals surface area (Å²) in [7, 11) is 3.17. The summed E-state index contributed by atoms with van der Waals surface area (Å²) in [6, 6.07) is 11.7. The number of rotatable bonds is 5. The molecule has 0 atom stereocenters. The molecule has 2 aromatic carbocycles. The molecule has 0 amide bonds. The third-order valence-electron chi connectivity index (χ3n) is 4.73. The maximum Gasteiger partial charge on any atom is 0.229 e. The van der Waals surface area contributed by atoms with E-state index in [-0.39, 0.29) is 0 Å². The largest absolute Gasteiger partial charge is 0.493 e. The van der Waals surface area contributed by atoms with Crippen LogP contribution in [0, 0.1) is 0 Å². The van der Waals surface area contributed by atoms with Gasteiger partial charge in [-0.25, -0.2) is 4.98 Å². The number of hydrogen-bond donors (Lipinski definition) is 2. The third-order valence-corrected chi connectivity index (χ3v) is 4.73. The summed E-state index contributed by atoms with van der Waals surface area (Å²) in [5.74, 6) is 1.98. The summed E-state index contributed by atoms with van der Waals surface area (Å²) in [6.45, 7) is 3.34. The van der Waals surface area contributed by atoms with Gasteiger partial charge in [-0.1, -0.05) is 0 Å². The van der Waals surface area contributed by atoms with Crippen molar-refractivity contribution in [1.29, 1.82) is 0 Å². The molecule has 8 heteroatoms. The van der Waals surface area contributed by atoms with Crippen LogP contribution in [0.5, 0.6) is 11.5 Å². The molecule has 8 nitrogen and oxygen atoms in total. The fraction of sp³-hybridized carbons (Fsp3) is 0.300. The molecule has 4 rings (SSSR count). The second-order valence-electron chi connectivity index (χ2n) is 6.43. The van der Waals surface area contributed by atoms with Crippen molar-refractivity contribution in [2.45, 2.75) is 0 Å². The Hall–Kier alpha value is -3.26. The molecule has 1 fully saturated rings. The molecule has 28 heavy (non-hydrogen) atoms. The molecule has 146 valence electrons. The van der Waals surface area contributed by atoms with Crippen LogP contribution in [0.15, 0.2) is 36.4 Å². The molecular formula is C20H23N5O3. The minimum Gasteiger partial charge on any atom is -0.493 e. The van der Waals surface area contributed by atoms with Crippen LogP contribution >= 0.6 is 0 Å². The number of hydrogen-bond acceptors (Lipinski definition) is 8. The summed E-state index contributed by atoms with van der Waals surface area (Å²) < 4.78 is 16.1. The standard InChI is InChI=1S/C20H23N5O3/c1-26-17-11-15-16(12-18(17)27-2)23-20(24-19(15)21)22-13-3-5-14(6-4-13)25-7-9-28-10-8-25/h3-6,11-12H,7-10H2,1-2H3,(H3,21,22,23,24). The van der Waals surface area contributed by atoms with E-state index in [1.807, 2.05) is 12.1 Å². The topological polar surface area (TPSA) is 94.8 Å². The fourth-order valence-electron chi connectivity index (χ4n) is 3.24. The Balaban J connectivity index is 1.58. The van der Waals surface area contributed by atoms with Gasteiger partial charge in [-0.05, 0) is 30.3 Å². The number of benzene rings is 2. The van der Waals surface area contributed by atoms with E-state index in [1.54, 1.807) is 26.4 Å². The van der Waals surface area contributed by atoms with E-state index in [2.05, 4.69) is 32.3 Å². The van der Waals surface area contributed by atoms with E-state index in [0.717, 1.165) is 32.0 Å². The highest BCUT2D eigenvalue weighted by molar-refractivity contribution is 5.92. The minimum atomic E-state index is 0.374.